The van der Waals surface area contributed by atoms with Crippen molar-refractivity contribution < 1.29 is 14.3 Å². The van der Waals surface area contributed by atoms with Crippen LogP contribution in [0.4, 0.5) is 0 Å². The topological polar surface area (TPSA) is 75.2 Å². The third-order valence-corrected chi connectivity index (χ3v) is 4.51. The van der Waals surface area contributed by atoms with Crippen LogP contribution in [0, 0.1) is 0 Å². The smallest absolute Gasteiger partial charge is 0.241 e. The van der Waals surface area contributed by atoms with Gasteiger partial charge in [-0.15, -0.1) is 0 Å². The van der Waals surface area contributed by atoms with Crippen LogP contribution in [-0.4, -0.2) is 57.7 Å². The second-order valence-corrected chi connectivity index (χ2v) is 7.04. The van der Waals surface area contributed by atoms with E-state index in [0.29, 0.717) is 25.7 Å². The first kappa shape index (κ1) is 23.8. The van der Waals surface area contributed by atoms with Crippen LogP contribution in [0.1, 0.15) is 11.1 Å². The number of benzene rings is 2. The molecule has 0 fully saturated rings. The minimum absolute atomic E-state index is 0.0284. The van der Waals surface area contributed by atoms with Crippen molar-refractivity contribution in [2.45, 2.75) is 13.0 Å². The second-order valence-electron chi connectivity index (χ2n) is 7.04. The minimum Gasteiger partial charge on any atom is -0.497 e. The van der Waals surface area contributed by atoms with Gasteiger partial charge in [-0.05, 0) is 30.2 Å². The molecule has 0 aliphatic heterocycles. The first-order chi connectivity index (χ1) is 15.0. The molecule has 0 aliphatic carbocycles. The van der Waals surface area contributed by atoms with Crippen LogP contribution in [0.25, 0.3) is 0 Å². The van der Waals surface area contributed by atoms with E-state index in [4.69, 9.17) is 9.47 Å². The maximum atomic E-state index is 12.0. The van der Waals surface area contributed by atoms with Gasteiger partial charge in [0.1, 0.15) is 18.1 Å². The van der Waals surface area contributed by atoms with E-state index in [9.17, 15) is 4.79 Å². The zero-order chi connectivity index (χ0) is 22.5. The molecule has 2 aromatic carbocycles. The number of methoxy groups -OCH3 is 1. The van der Waals surface area contributed by atoms with Gasteiger partial charge in [0.2, 0.25) is 5.91 Å². The molecule has 0 heterocycles. The van der Waals surface area contributed by atoms with Gasteiger partial charge in [0.05, 0.1) is 20.2 Å². The highest BCUT2D eigenvalue weighted by atomic mass is 16.5. The minimum atomic E-state index is -0.0284. The monoisotopic (exact) mass is 424 g/mol. The highest BCUT2D eigenvalue weighted by Gasteiger charge is 2.07. The number of guanidine groups is 1. The van der Waals surface area contributed by atoms with Gasteiger partial charge in [-0.1, -0.05) is 43.0 Å². The average Bonchev–Trinajstić information content (AvgIpc) is 2.79. The number of likely N-dealkylation sites (N-methyl/N-ethyl adjacent to an activating group) is 1. The van der Waals surface area contributed by atoms with E-state index in [0.717, 1.165) is 23.5 Å². The summed E-state index contributed by atoms with van der Waals surface area (Å²) in [6.45, 7) is 5.37. The number of hydrogen-bond donors (Lipinski definition) is 2. The van der Waals surface area contributed by atoms with Gasteiger partial charge in [-0.3, -0.25) is 4.79 Å². The summed E-state index contributed by atoms with van der Waals surface area (Å²) in [5.74, 6) is 2.15. The fourth-order valence-electron chi connectivity index (χ4n) is 2.70. The molecule has 0 radical (unpaired) electrons. The standard InChI is InChI=1S/C24H32N4O3/c1-5-16-31-22-9-7-6-8-20(22)17-26-24(27-18-23(29)28(2)3)25-15-14-19-10-12-21(30-4)13-11-19/h5-13H,1,14-18H2,2-4H3,(H2,25,26,27). The van der Waals surface area contributed by atoms with Crippen LogP contribution < -0.4 is 20.1 Å². The number of amides is 1. The average molecular weight is 425 g/mol. The predicted octanol–water partition coefficient (Wildman–Crippen LogP) is 2.63. The summed E-state index contributed by atoms with van der Waals surface area (Å²) < 4.78 is 10.9. The molecule has 166 valence electrons. The zero-order valence-electron chi connectivity index (χ0n) is 18.6. The summed E-state index contributed by atoms with van der Waals surface area (Å²) >= 11 is 0. The van der Waals surface area contributed by atoms with Crippen molar-refractivity contribution in [1.29, 1.82) is 0 Å². The number of hydrogen-bond acceptors (Lipinski definition) is 4. The van der Waals surface area contributed by atoms with Gasteiger partial charge in [-0.2, -0.15) is 0 Å². The summed E-state index contributed by atoms with van der Waals surface area (Å²) in [6, 6.07) is 15.7. The lowest BCUT2D eigenvalue weighted by Gasteiger charge is -2.15. The Morgan fingerprint density at radius 3 is 2.55 bits per heavy atom. The Morgan fingerprint density at radius 1 is 1.13 bits per heavy atom. The fourth-order valence-corrected chi connectivity index (χ4v) is 2.70. The Morgan fingerprint density at radius 2 is 1.87 bits per heavy atom. The molecule has 0 atom stereocenters. The molecule has 0 aliphatic rings. The lowest BCUT2D eigenvalue weighted by Crippen LogP contribution is -2.43. The summed E-state index contributed by atoms with van der Waals surface area (Å²) in [5, 5.41) is 6.41. The Labute approximate surface area is 184 Å². The van der Waals surface area contributed by atoms with E-state index in [2.05, 4.69) is 22.2 Å². The number of rotatable bonds is 11. The first-order valence-electron chi connectivity index (χ1n) is 10.2. The molecule has 2 aromatic rings. The summed E-state index contributed by atoms with van der Waals surface area (Å²) in [5.41, 5.74) is 2.14. The van der Waals surface area contributed by atoms with E-state index in [1.807, 2.05) is 48.5 Å². The van der Waals surface area contributed by atoms with Crippen molar-refractivity contribution in [2.75, 3.05) is 40.9 Å². The number of carbonyl (C=O) groups excluding carboxylic acids is 1. The highest BCUT2D eigenvalue weighted by Crippen LogP contribution is 2.18. The zero-order valence-corrected chi connectivity index (χ0v) is 18.6. The third kappa shape index (κ3) is 8.42. The van der Waals surface area contributed by atoms with Crippen molar-refractivity contribution in [2.24, 2.45) is 4.99 Å². The van der Waals surface area contributed by atoms with Gasteiger partial charge in [0, 0.05) is 26.2 Å². The van der Waals surface area contributed by atoms with E-state index in [-0.39, 0.29) is 12.5 Å². The quantitative estimate of drug-likeness (QED) is 0.330. The fraction of sp³-hybridized carbons (Fsp3) is 0.333. The molecule has 7 heteroatoms. The molecule has 0 spiro atoms. The number of nitrogens with one attached hydrogen (secondary N) is 2. The first-order valence-corrected chi connectivity index (χ1v) is 10.2. The van der Waals surface area contributed by atoms with Crippen LogP contribution in [0.3, 0.4) is 0 Å². The molecule has 2 rings (SSSR count). The Bertz CT molecular complexity index is 863. The van der Waals surface area contributed by atoms with E-state index < -0.39 is 0 Å². The van der Waals surface area contributed by atoms with Crippen molar-refractivity contribution in [1.82, 2.24) is 15.5 Å². The molecule has 0 saturated heterocycles. The SMILES string of the molecule is C=CCOc1ccccc1CN=C(NCCc1ccc(OC)cc1)NCC(=O)N(C)C. The van der Waals surface area contributed by atoms with Gasteiger partial charge in [-0.25, -0.2) is 4.99 Å². The molecule has 0 unspecified atom stereocenters. The Hall–Kier alpha value is -3.48. The predicted molar refractivity (Wildman–Crippen MR) is 125 cm³/mol. The molecule has 1 amide bonds. The molecular formula is C24H32N4O3. The lowest BCUT2D eigenvalue weighted by atomic mass is 10.1. The van der Waals surface area contributed by atoms with Crippen LogP contribution in [0.15, 0.2) is 66.2 Å². The summed E-state index contributed by atoms with van der Waals surface area (Å²) in [7, 11) is 5.11. The molecule has 0 bridgehead atoms. The van der Waals surface area contributed by atoms with Gasteiger partial charge < -0.3 is 25.0 Å². The number of nitrogens with zero attached hydrogens (tertiary/aromatic N) is 2. The number of aliphatic imine (C=N–C) groups is 1. The lowest BCUT2D eigenvalue weighted by molar-refractivity contribution is -0.127. The van der Waals surface area contributed by atoms with Crippen LogP contribution in [0.2, 0.25) is 0 Å². The van der Waals surface area contributed by atoms with Crippen LogP contribution >= 0.6 is 0 Å². The van der Waals surface area contributed by atoms with Crippen LogP contribution in [-0.2, 0) is 17.8 Å². The number of para-hydroxylation sites is 1. The molecule has 31 heavy (non-hydrogen) atoms. The molecule has 0 saturated carbocycles. The van der Waals surface area contributed by atoms with E-state index in [1.54, 1.807) is 32.2 Å². The molecule has 0 aromatic heterocycles. The number of ether oxygens (including phenoxy) is 2. The molecule has 7 nitrogen and oxygen atoms in total. The Kier molecular flexibility index (Phi) is 9.94. The van der Waals surface area contributed by atoms with Crippen molar-refractivity contribution in [3.05, 3.63) is 72.3 Å². The van der Waals surface area contributed by atoms with Crippen molar-refractivity contribution >= 4 is 11.9 Å². The number of carbonyl (C=O) groups is 1. The van der Waals surface area contributed by atoms with Crippen LogP contribution in [0.5, 0.6) is 11.5 Å². The van der Waals surface area contributed by atoms with Gasteiger partial charge in [0.15, 0.2) is 5.96 Å². The molecular weight excluding hydrogens is 392 g/mol. The normalized spacial score (nSPS) is 10.9. The van der Waals surface area contributed by atoms with E-state index in [1.165, 1.54) is 5.56 Å². The van der Waals surface area contributed by atoms with Gasteiger partial charge in [0.25, 0.3) is 0 Å². The highest BCUT2D eigenvalue weighted by molar-refractivity contribution is 5.86. The maximum absolute atomic E-state index is 12.0. The summed E-state index contributed by atoms with van der Waals surface area (Å²) in [6.07, 6.45) is 2.52. The van der Waals surface area contributed by atoms with Gasteiger partial charge >= 0.3 is 0 Å². The molecule has 2 N–H and O–H groups in total. The van der Waals surface area contributed by atoms with Crippen molar-refractivity contribution in [3.63, 3.8) is 0 Å². The Balaban J connectivity index is 2.02. The largest absolute Gasteiger partial charge is 0.497 e. The third-order valence-electron chi connectivity index (χ3n) is 4.51. The second kappa shape index (κ2) is 13.0. The summed E-state index contributed by atoms with van der Waals surface area (Å²) in [4.78, 5) is 18.2. The van der Waals surface area contributed by atoms with E-state index >= 15 is 0 Å². The van der Waals surface area contributed by atoms with Crippen molar-refractivity contribution in [3.8, 4) is 11.5 Å². The maximum Gasteiger partial charge on any atom is 0.241 e.